The molecule has 0 aliphatic heterocycles. The van der Waals surface area contributed by atoms with Crippen LogP contribution in [0.5, 0.6) is 11.5 Å². The second-order valence-electron chi connectivity index (χ2n) is 22.5. The van der Waals surface area contributed by atoms with Gasteiger partial charge in [-0.1, -0.05) is 60.7 Å². The van der Waals surface area contributed by atoms with Crippen molar-refractivity contribution in [1.29, 1.82) is 0 Å². The van der Waals surface area contributed by atoms with Gasteiger partial charge in [0.25, 0.3) is 0 Å². The number of nitrogens with zero attached hydrogens (tertiary/aromatic N) is 4. The monoisotopic (exact) mass is 1140 g/mol. The van der Waals surface area contributed by atoms with E-state index in [1.807, 2.05) is 48.5 Å². The predicted molar refractivity (Wildman–Crippen MR) is 301 cm³/mol. The molecule has 6 aromatic rings. The van der Waals surface area contributed by atoms with Crippen molar-refractivity contribution >= 4 is 66.0 Å². The number of carbonyl (C=O) groups excluding carboxylic acids is 4. The van der Waals surface area contributed by atoms with Gasteiger partial charge in [0.05, 0.1) is 48.3 Å². The summed E-state index contributed by atoms with van der Waals surface area (Å²) in [6.07, 6.45) is -1.47. The number of hydrogen-bond acceptors (Lipinski definition) is 18. The maximum Gasteiger partial charge on any atom is 0.534 e. The topological polar surface area (TPSA) is 243 Å². The lowest BCUT2D eigenvalue weighted by molar-refractivity contribution is -0.153. The van der Waals surface area contributed by atoms with Crippen LogP contribution in [0.1, 0.15) is 117 Å². The number of fused-ring (bicyclic) bond motifs is 2. The summed E-state index contributed by atoms with van der Waals surface area (Å²) in [5, 5.41) is 2.84. The smallest absolute Gasteiger partial charge is 0.497 e. The lowest BCUT2D eigenvalue weighted by atomic mass is 10.1. The van der Waals surface area contributed by atoms with Crippen molar-refractivity contribution in [2.45, 2.75) is 129 Å². The standard InChI is InChI=1S/2C29H36N2O8S/c2*1-28(2,3)37-26(32)31(39-27(33)38-29(4,5)6)25(21-12-14-23(36-7)15-13-21)19-40(34,35)18-20-16-22-10-8-9-11-24(22)30-17-20/h2*8-17,25H,18-19H2,1-7H3/t2*25-/m11/s1. The van der Waals surface area contributed by atoms with Gasteiger partial charge >= 0.3 is 24.5 Å². The number of methoxy groups -OCH3 is 2. The van der Waals surface area contributed by atoms with Gasteiger partial charge in [-0.05, 0) is 154 Å². The minimum absolute atomic E-state index is 0.355. The van der Waals surface area contributed by atoms with Gasteiger partial charge in [0, 0.05) is 23.2 Å². The first-order chi connectivity index (χ1) is 37.1. The summed E-state index contributed by atoms with van der Waals surface area (Å²) in [7, 11) is -4.84. The van der Waals surface area contributed by atoms with Crippen molar-refractivity contribution in [3.63, 3.8) is 0 Å². The first kappa shape index (κ1) is 63.1. The van der Waals surface area contributed by atoms with Crippen molar-refractivity contribution < 1.29 is 74.1 Å². The zero-order chi connectivity index (χ0) is 59.4. The van der Waals surface area contributed by atoms with E-state index in [9.17, 15) is 36.0 Å². The fraction of sp³-hybridized carbons (Fsp3) is 0.414. The number of para-hydroxylation sites is 2. The summed E-state index contributed by atoms with van der Waals surface area (Å²) < 4.78 is 86.2. The Morgan fingerprint density at radius 2 is 0.775 bits per heavy atom. The third-order valence-electron chi connectivity index (χ3n) is 10.7. The van der Waals surface area contributed by atoms with E-state index in [2.05, 4.69) is 9.97 Å². The number of carbonyl (C=O) groups is 4. The second-order valence-corrected chi connectivity index (χ2v) is 26.7. The molecule has 22 heteroatoms. The van der Waals surface area contributed by atoms with Crippen LogP contribution in [0.25, 0.3) is 21.8 Å². The molecule has 2 amide bonds. The molecule has 0 aliphatic carbocycles. The third-order valence-corrected chi connectivity index (χ3v) is 13.9. The molecule has 0 bridgehead atoms. The van der Waals surface area contributed by atoms with Crippen molar-refractivity contribution in [2.75, 3.05) is 25.7 Å². The van der Waals surface area contributed by atoms with E-state index >= 15 is 0 Å². The quantitative estimate of drug-likeness (QED) is 0.0559. The fourth-order valence-electron chi connectivity index (χ4n) is 7.52. The lowest BCUT2D eigenvalue weighted by Gasteiger charge is -2.32. The van der Waals surface area contributed by atoms with Gasteiger partial charge in [-0.3, -0.25) is 19.6 Å². The van der Waals surface area contributed by atoms with Gasteiger partial charge in [-0.15, -0.1) is 10.1 Å². The zero-order valence-electron chi connectivity index (χ0n) is 47.7. The maximum absolute atomic E-state index is 13.6. The normalized spacial score (nSPS) is 12.9. The van der Waals surface area contributed by atoms with Gasteiger partial charge in [0.15, 0.2) is 19.7 Å². The number of amides is 2. The first-order valence-corrected chi connectivity index (χ1v) is 29.0. The van der Waals surface area contributed by atoms with Crippen molar-refractivity contribution in [3.8, 4) is 11.5 Å². The molecular weight excluding hydrogens is 1070 g/mol. The van der Waals surface area contributed by atoms with Gasteiger partial charge in [0.1, 0.15) is 46.0 Å². The highest BCUT2D eigenvalue weighted by atomic mass is 32.2. The fourth-order valence-corrected chi connectivity index (χ4v) is 10.7. The van der Waals surface area contributed by atoms with Crippen LogP contribution in [-0.4, -0.2) is 110 Å². The number of hydroxylamine groups is 4. The van der Waals surface area contributed by atoms with Crippen LogP contribution in [0.3, 0.4) is 0 Å². The molecule has 2 aromatic heterocycles. The Morgan fingerprint density at radius 1 is 0.463 bits per heavy atom. The number of rotatable bonds is 14. The molecule has 6 rings (SSSR count). The molecule has 0 aliphatic rings. The highest BCUT2D eigenvalue weighted by Gasteiger charge is 2.40. The molecule has 0 fully saturated rings. The molecule has 0 unspecified atom stereocenters. The highest BCUT2D eigenvalue weighted by Crippen LogP contribution is 2.32. The Hall–Kier alpha value is -7.72. The summed E-state index contributed by atoms with van der Waals surface area (Å²) in [5.74, 6) is -0.852. The Labute approximate surface area is 468 Å². The molecule has 0 N–H and O–H groups in total. The molecular formula is C58H72N4O16S2. The molecule has 0 saturated heterocycles. The Bertz CT molecular complexity index is 3110. The van der Waals surface area contributed by atoms with Crippen LogP contribution < -0.4 is 9.47 Å². The van der Waals surface area contributed by atoms with E-state index in [4.69, 9.17) is 38.1 Å². The molecule has 2 heterocycles. The van der Waals surface area contributed by atoms with E-state index in [0.717, 1.165) is 21.8 Å². The van der Waals surface area contributed by atoms with Gasteiger partial charge in [0.2, 0.25) is 0 Å². The van der Waals surface area contributed by atoms with Crippen LogP contribution in [-0.2, 0) is 59.8 Å². The number of benzene rings is 4. The summed E-state index contributed by atoms with van der Waals surface area (Å²) >= 11 is 0. The van der Waals surface area contributed by atoms with E-state index in [1.54, 1.807) is 144 Å². The van der Waals surface area contributed by atoms with Crippen LogP contribution in [0.4, 0.5) is 19.2 Å². The summed E-state index contributed by atoms with van der Waals surface area (Å²) in [5.41, 5.74) is -0.621. The Balaban J connectivity index is 0.000000294. The molecule has 4 aromatic carbocycles. The zero-order valence-corrected chi connectivity index (χ0v) is 49.3. The van der Waals surface area contributed by atoms with E-state index in [1.165, 1.54) is 26.6 Å². The summed E-state index contributed by atoms with van der Waals surface area (Å²) in [4.78, 5) is 71.4. The average molecular weight is 1150 g/mol. The summed E-state index contributed by atoms with van der Waals surface area (Å²) in [6, 6.07) is 28.5. The van der Waals surface area contributed by atoms with E-state index in [-0.39, 0.29) is 11.5 Å². The Morgan fingerprint density at radius 3 is 1.07 bits per heavy atom. The number of hydrogen-bond donors (Lipinski definition) is 0. The first-order valence-electron chi connectivity index (χ1n) is 25.3. The van der Waals surface area contributed by atoms with Crippen molar-refractivity contribution in [1.82, 2.24) is 20.1 Å². The molecule has 0 spiro atoms. The summed E-state index contributed by atoms with van der Waals surface area (Å²) in [6.45, 7) is 19.7. The van der Waals surface area contributed by atoms with Crippen LogP contribution in [0, 0.1) is 0 Å². The molecule has 0 radical (unpaired) electrons. The van der Waals surface area contributed by atoms with Crippen LogP contribution in [0.2, 0.25) is 0 Å². The van der Waals surface area contributed by atoms with Crippen molar-refractivity contribution in [3.05, 3.63) is 144 Å². The van der Waals surface area contributed by atoms with Crippen molar-refractivity contribution in [2.24, 2.45) is 0 Å². The van der Waals surface area contributed by atoms with Gasteiger partial charge in [-0.25, -0.2) is 36.0 Å². The molecule has 432 valence electrons. The van der Waals surface area contributed by atoms with E-state index < -0.39 is 90.2 Å². The number of ether oxygens (including phenoxy) is 6. The largest absolute Gasteiger partial charge is 0.534 e. The maximum atomic E-state index is 13.6. The third kappa shape index (κ3) is 20.5. The predicted octanol–water partition coefficient (Wildman–Crippen LogP) is 12.0. The molecule has 2 atom stereocenters. The highest BCUT2D eigenvalue weighted by molar-refractivity contribution is 7.90. The SMILES string of the molecule is COc1ccc([C@@H](CS(=O)(=O)Cc2cnc3ccccc3c2)N(OC(=O)OC(C)(C)C)C(=O)OC(C)(C)C)cc1.COc1ccc([C@@H](CS(=O)(=O)Cc2cnc3ccccc3c2)N(OC(=O)OC(C)(C)C)C(=O)OC(C)(C)C)cc1. The minimum atomic E-state index is -3.91. The van der Waals surface area contributed by atoms with Gasteiger partial charge < -0.3 is 28.4 Å². The van der Waals surface area contributed by atoms with E-state index in [0.29, 0.717) is 43.9 Å². The Kier molecular flexibility index (Phi) is 20.5. The number of aromatic nitrogens is 2. The molecule has 20 nitrogen and oxygen atoms in total. The second kappa shape index (κ2) is 26.0. The van der Waals surface area contributed by atoms with Gasteiger partial charge in [-0.2, -0.15) is 0 Å². The minimum Gasteiger partial charge on any atom is -0.497 e. The lowest BCUT2D eigenvalue weighted by Crippen LogP contribution is -2.44. The van der Waals surface area contributed by atoms with Crippen LogP contribution >= 0.6 is 0 Å². The average Bonchev–Trinajstić information content (AvgIpc) is 3.34. The molecule has 0 saturated carbocycles. The molecule has 80 heavy (non-hydrogen) atoms. The number of pyridine rings is 2. The van der Waals surface area contributed by atoms with Crippen LogP contribution in [0.15, 0.2) is 122 Å². The number of sulfone groups is 2.